The van der Waals surface area contributed by atoms with E-state index in [4.69, 9.17) is 19.7 Å². The van der Waals surface area contributed by atoms with Gasteiger partial charge in [0.25, 0.3) is 0 Å². The summed E-state index contributed by atoms with van der Waals surface area (Å²) in [6, 6.07) is 49.2. The molecule has 1 aliphatic heterocycles. The third kappa shape index (κ3) is 5.99. The van der Waals surface area contributed by atoms with Crippen molar-refractivity contribution >= 4 is 5.97 Å². The van der Waals surface area contributed by atoms with Crippen LogP contribution in [0.1, 0.15) is 56.5 Å². The average molecular weight is 672 g/mol. The Bertz CT molecular complexity index is 2090. The average Bonchev–Trinajstić information content (AvgIpc) is 3.67. The van der Waals surface area contributed by atoms with Crippen molar-refractivity contribution in [3.8, 4) is 16.9 Å². The van der Waals surface area contributed by atoms with E-state index in [0.29, 0.717) is 17.0 Å². The van der Waals surface area contributed by atoms with E-state index in [9.17, 15) is 4.79 Å². The number of nitrogens with zero attached hydrogens (tertiary/aromatic N) is 5. The van der Waals surface area contributed by atoms with Gasteiger partial charge in [-0.05, 0) is 64.6 Å². The van der Waals surface area contributed by atoms with Gasteiger partial charge in [-0.2, -0.15) is 0 Å². The van der Waals surface area contributed by atoms with Crippen LogP contribution in [-0.4, -0.2) is 17.6 Å². The minimum Gasteiger partial charge on any atom is -0.488 e. The third-order valence-electron chi connectivity index (χ3n) is 9.30. The molecule has 0 unspecified atom stereocenters. The first-order valence-corrected chi connectivity index (χ1v) is 17.0. The molecule has 8 heteroatoms. The van der Waals surface area contributed by atoms with Crippen LogP contribution in [0.4, 0.5) is 0 Å². The van der Waals surface area contributed by atoms with E-state index in [1.54, 1.807) is 19.9 Å². The standard InChI is InChI=1S/C43H37N5O3/c1-4-50-41(49)40-31(3)44-30(2)28-39(40)51-29-32-24-26-33(27-25-32)37-22-14-15-23-38(37)43(45-47-48-46-43)42(34-16-8-5-9-17-34,35-18-10-6-11-19-35)36-20-12-7-13-21-36/h5-28H,4,29H2,1-3H3. The highest BCUT2D eigenvalue weighted by molar-refractivity contribution is 5.93. The smallest absolute Gasteiger partial charge is 0.343 e. The van der Waals surface area contributed by atoms with Gasteiger partial charge in [-0.25, -0.2) is 4.79 Å². The lowest BCUT2D eigenvalue weighted by Crippen LogP contribution is -2.48. The second kappa shape index (κ2) is 14.3. The van der Waals surface area contributed by atoms with Crippen molar-refractivity contribution in [3.63, 3.8) is 0 Å². The number of benzene rings is 5. The Morgan fingerprint density at radius 3 is 1.76 bits per heavy atom. The Hall–Kier alpha value is -6.28. The van der Waals surface area contributed by atoms with Crippen molar-refractivity contribution in [2.45, 2.75) is 38.5 Å². The molecule has 0 saturated carbocycles. The fourth-order valence-electron chi connectivity index (χ4n) is 7.16. The predicted molar refractivity (Wildman–Crippen MR) is 196 cm³/mol. The van der Waals surface area contributed by atoms with Gasteiger partial charge in [-0.15, -0.1) is 10.2 Å². The molecule has 0 spiro atoms. The normalized spacial score (nSPS) is 13.2. The van der Waals surface area contributed by atoms with Crippen molar-refractivity contribution in [3.05, 3.63) is 190 Å². The number of hydrogen-bond donors (Lipinski definition) is 0. The van der Waals surface area contributed by atoms with Gasteiger partial charge in [0, 0.05) is 17.3 Å². The van der Waals surface area contributed by atoms with Crippen molar-refractivity contribution in [1.82, 2.24) is 4.98 Å². The van der Waals surface area contributed by atoms with Gasteiger partial charge in [0.15, 0.2) is 0 Å². The number of hydrogen-bond acceptors (Lipinski definition) is 8. The van der Waals surface area contributed by atoms with Gasteiger partial charge in [-0.1, -0.05) is 140 Å². The Morgan fingerprint density at radius 2 is 1.22 bits per heavy atom. The van der Waals surface area contributed by atoms with E-state index in [-0.39, 0.29) is 13.2 Å². The van der Waals surface area contributed by atoms with Crippen LogP contribution < -0.4 is 4.74 Å². The first-order chi connectivity index (χ1) is 25.0. The third-order valence-corrected chi connectivity index (χ3v) is 9.30. The molecule has 51 heavy (non-hydrogen) atoms. The summed E-state index contributed by atoms with van der Waals surface area (Å²) in [5.74, 6) is 0.00280. The van der Waals surface area contributed by atoms with Crippen molar-refractivity contribution < 1.29 is 14.3 Å². The van der Waals surface area contributed by atoms with E-state index in [1.165, 1.54) is 0 Å². The zero-order chi connectivity index (χ0) is 35.3. The highest BCUT2D eigenvalue weighted by Gasteiger charge is 2.60. The van der Waals surface area contributed by atoms with Crippen molar-refractivity contribution in [2.24, 2.45) is 20.7 Å². The van der Waals surface area contributed by atoms with Gasteiger partial charge in [0.2, 0.25) is 5.66 Å². The fraction of sp³-hybridized carbons (Fsp3) is 0.163. The lowest BCUT2D eigenvalue weighted by molar-refractivity contribution is 0.0519. The van der Waals surface area contributed by atoms with Gasteiger partial charge in [0.1, 0.15) is 17.9 Å². The summed E-state index contributed by atoms with van der Waals surface area (Å²) in [5.41, 5.74) is 6.17. The number of pyridine rings is 1. The minimum absolute atomic E-state index is 0.253. The quantitative estimate of drug-likeness (QED) is 0.101. The van der Waals surface area contributed by atoms with Crippen LogP contribution in [0.15, 0.2) is 166 Å². The molecule has 1 aromatic heterocycles. The van der Waals surface area contributed by atoms with Gasteiger partial charge in [-0.3, -0.25) is 4.98 Å². The van der Waals surface area contributed by atoms with Gasteiger partial charge < -0.3 is 9.47 Å². The molecule has 7 rings (SSSR count). The number of aromatic nitrogens is 1. The molecule has 0 N–H and O–H groups in total. The topological polar surface area (TPSA) is 97.9 Å². The molecule has 1 aliphatic rings. The van der Waals surface area contributed by atoms with Crippen LogP contribution in [-0.2, 0) is 22.4 Å². The molecule has 0 radical (unpaired) electrons. The SMILES string of the molecule is CCOC(=O)c1c(OCc2ccc(-c3ccccc3C3(C(c4ccccc4)(c4ccccc4)c4ccccc4)N=NN=N3)cc2)cc(C)nc1C. The first kappa shape index (κ1) is 33.2. The Labute approximate surface area is 297 Å². The zero-order valence-electron chi connectivity index (χ0n) is 28.7. The molecule has 6 aromatic rings. The maximum atomic E-state index is 12.7. The molecule has 8 nitrogen and oxygen atoms in total. The van der Waals surface area contributed by atoms with E-state index in [1.807, 2.05) is 85.8 Å². The minimum atomic E-state index is -1.30. The molecule has 2 heterocycles. The summed E-state index contributed by atoms with van der Waals surface area (Å²) in [4.78, 5) is 17.2. The number of carbonyl (C=O) groups excluding carboxylic acids is 1. The summed E-state index contributed by atoms with van der Waals surface area (Å²) in [6.07, 6.45) is 0. The molecule has 0 bridgehead atoms. The maximum absolute atomic E-state index is 12.7. The molecule has 0 atom stereocenters. The van der Waals surface area contributed by atoms with Crippen LogP contribution in [0, 0.1) is 13.8 Å². The van der Waals surface area contributed by atoms with Crippen LogP contribution in [0.5, 0.6) is 5.75 Å². The summed E-state index contributed by atoms with van der Waals surface area (Å²) in [7, 11) is 0. The number of aryl methyl sites for hydroxylation is 2. The number of esters is 1. The van der Waals surface area contributed by atoms with Crippen LogP contribution in [0.25, 0.3) is 11.1 Å². The van der Waals surface area contributed by atoms with E-state index < -0.39 is 17.0 Å². The zero-order valence-corrected chi connectivity index (χ0v) is 28.7. The Kier molecular flexibility index (Phi) is 9.31. The van der Waals surface area contributed by atoms with Crippen LogP contribution >= 0.6 is 0 Å². The number of ether oxygens (including phenoxy) is 2. The molecule has 0 aliphatic carbocycles. The number of carbonyl (C=O) groups is 1. The lowest BCUT2D eigenvalue weighted by atomic mass is 9.59. The molecule has 5 aromatic carbocycles. The van der Waals surface area contributed by atoms with Crippen LogP contribution in [0.3, 0.4) is 0 Å². The summed E-state index contributed by atoms with van der Waals surface area (Å²) in [5, 5.41) is 18.4. The predicted octanol–water partition coefficient (Wildman–Crippen LogP) is 10.1. The monoisotopic (exact) mass is 671 g/mol. The lowest BCUT2D eigenvalue weighted by Gasteiger charge is -2.45. The maximum Gasteiger partial charge on any atom is 0.343 e. The second-order valence-electron chi connectivity index (χ2n) is 12.4. The summed E-state index contributed by atoms with van der Waals surface area (Å²) < 4.78 is 11.5. The van der Waals surface area contributed by atoms with Crippen molar-refractivity contribution in [1.29, 1.82) is 0 Å². The highest BCUT2D eigenvalue weighted by atomic mass is 16.5. The highest BCUT2D eigenvalue weighted by Crippen LogP contribution is 2.58. The van der Waals surface area contributed by atoms with E-state index in [2.05, 4.69) is 76.1 Å². The molecular formula is C43H37N5O3. The van der Waals surface area contributed by atoms with Crippen molar-refractivity contribution in [2.75, 3.05) is 6.61 Å². The second-order valence-corrected chi connectivity index (χ2v) is 12.4. The Morgan fingerprint density at radius 1 is 0.686 bits per heavy atom. The molecule has 0 saturated heterocycles. The molecule has 0 amide bonds. The van der Waals surface area contributed by atoms with Crippen LogP contribution in [0.2, 0.25) is 0 Å². The largest absolute Gasteiger partial charge is 0.488 e. The molecule has 0 fully saturated rings. The van der Waals surface area contributed by atoms with Gasteiger partial charge >= 0.3 is 5.97 Å². The summed E-state index contributed by atoms with van der Waals surface area (Å²) in [6.45, 7) is 5.96. The molecular weight excluding hydrogens is 635 g/mol. The fourth-order valence-corrected chi connectivity index (χ4v) is 7.16. The van der Waals surface area contributed by atoms with E-state index >= 15 is 0 Å². The number of rotatable bonds is 11. The summed E-state index contributed by atoms with van der Waals surface area (Å²) >= 11 is 0. The molecule has 252 valence electrons. The Balaban J connectivity index is 1.33. The first-order valence-electron chi connectivity index (χ1n) is 17.0. The van der Waals surface area contributed by atoms with Gasteiger partial charge in [0.05, 0.1) is 17.7 Å². The van der Waals surface area contributed by atoms with E-state index in [0.717, 1.165) is 44.6 Å².